The van der Waals surface area contributed by atoms with Crippen LogP contribution in [0.15, 0.2) is 60.9 Å². The summed E-state index contributed by atoms with van der Waals surface area (Å²) in [5.74, 6) is 1.53. The van der Waals surface area contributed by atoms with Crippen LogP contribution in [0.4, 0.5) is 0 Å². The molecule has 0 bridgehead atoms. The number of para-hydroxylation sites is 1. The molecular formula is C16H13ClN2O. The first kappa shape index (κ1) is 12.8. The van der Waals surface area contributed by atoms with Crippen molar-refractivity contribution in [2.24, 2.45) is 0 Å². The van der Waals surface area contributed by atoms with E-state index in [1.807, 2.05) is 61.7 Å². The zero-order valence-corrected chi connectivity index (χ0v) is 11.7. The number of aromatic nitrogens is 2. The van der Waals surface area contributed by atoms with Crippen molar-refractivity contribution in [3.63, 3.8) is 0 Å². The molecule has 0 saturated carbocycles. The molecule has 0 spiro atoms. The summed E-state index contributed by atoms with van der Waals surface area (Å²) in [6.45, 7) is 2.01. The van der Waals surface area contributed by atoms with E-state index in [0.717, 1.165) is 17.0 Å². The highest BCUT2D eigenvalue weighted by Gasteiger charge is 2.05. The van der Waals surface area contributed by atoms with Gasteiger partial charge in [0.2, 0.25) is 0 Å². The van der Waals surface area contributed by atoms with Gasteiger partial charge in [-0.05, 0) is 36.8 Å². The highest BCUT2D eigenvalue weighted by Crippen LogP contribution is 2.25. The third kappa shape index (κ3) is 2.68. The SMILES string of the molecule is Cc1ccccc1Oc1cnn(-c2cccc(Cl)c2)c1. The number of nitrogens with zero attached hydrogens (tertiary/aromatic N) is 2. The summed E-state index contributed by atoms with van der Waals surface area (Å²) >= 11 is 5.98. The predicted molar refractivity (Wildman–Crippen MR) is 79.8 cm³/mol. The van der Waals surface area contributed by atoms with Crippen LogP contribution in [-0.2, 0) is 0 Å². The van der Waals surface area contributed by atoms with E-state index in [2.05, 4.69) is 5.10 Å². The minimum Gasteiger partial charge on any atom is -0.454 e. The second-order valence-electron chi connectivity index (χ2n) is 4.47. The lowest BCUT2D eigenvalue weighted by atomic mass is 10.2. The van der Waals surface area contributed by atoms with Crippen molar-refractivity contribution in [2.45, 2.75) is 6.92 Å². The Kier molecular flexibility index (Phi) is 3.44. The molecular weight excluding hydrogens is 272 g/mol. The number of rotatable bonds is 3. The van der Waals surface area contributed by atoms with Crippen LogP contribution in [0.2, 0.25) is 5.02 Å². The van der Waals surface area contributed by atoms with Gasteiger partial charge in [0.15, 0.2) is 5.75 Å². The largest absolute Gasteiger partial charge is 0.454 e. The van der Waals surface area contributed by atoms with E-state index in [9.17, 15) is 0 Å². The fourth-order valence-corrected chi connectivity index (χ4v) is 2.10. The van der Waals surface area contributed by atoms with E-state index < -0.39 is 0 Å². The van der Waals surface area contributed by atoms with E-state index in [4.69, 9.17) is 16.3 Å². The summed E-state index contributed by atoms with van der Waals surface area (Å²) in [6.07, 6.45) is 3.52. The van der Waals surface area contributed by atoms with Gasteiger partial charge >= 0.3 is 0 Å². The summed E-state index contributed by atoms with van der Waals surface area (Å²) in [7, 11) is 0. The van der Waals surface area contributed by atoms with E-state index in [1.54, 1.807) is 10.9 Å². The first-order valence-electron chi connectivity index (χ1n) is 6.26. The lowest BCUT2D eigenvalue weighted by Gasteiger charge is -2.05. The van der Waals surface area contributed by atoms with Crippen molar-refractivity contribution in [1.82, 2.24) is 9.78 Å². The molecule has 3 nitrogen and oxygen atoms in total. The second kappa shape index (κ2) is 5.39. The molecule has 0 aliphatic carbocycles. The average Bonchev–Trinajstić information content (AvgIpc) is 2.90. The predicted octanol–water partition coefficient (Wildman–Crippen LogP) is 4.63. The molecule has 3 rings (SSSR count). The van der Waals surface area contributed by atoms with Gasteiger partial charge in [0, 0.05) is 5.02 Å². The van der Waals surface area contributed by atoms with E-state index in [1.165, 1.54) is 0 Å². The highest BCUT2D eigenvalue weighted by atomic mass is 35.5. The molecule has 0 aliphatic rings. The smallest absolute Gasteiger partial charge is 0.165 e. The Balaban J connectivity index is 1.86. The minimum absolute atomic E-state index is 0.680. The first-order chi connectivity index (χ1) is 9.72. The number of aryl methyl sites for hydroxylation is 1. The van der Waals surface area contributed by atoms with Gasteiger partial charge in [0.1, 0.15) is 5.75 Å². The molecule has 1 heterocycles. The maximum absolute atomic E-state index is 5.98. The molecule has 0 fully saturated rings. The van der Waals surface area contributed by atoms with E-state index in [0.29, 0.717) is 10.8 Å². The standard InChI is InChI=1S/C16H13ClN2O/c1-12-5-2-3-8-16(12)20-15-10-18-19(11-15)14-7-4-6-13(17)9-14/h2-11H,1H3. The van der Waals surface area contributed by atoms with Crippen LogP contribution in [0.3, 0.4) is 0 Å². The molecule has 0 N–H and O–H groups in total. The van der Waals surface area contributed by atoms with Crippen LogP contribution in [0.1, 0.15) is 5.56 Å². The molecule has 100 valence electrons. The van der Waals surface area contributed by atoms with Gasteiger partial charge in [-0.3, -0.25) is 0 Å². The topological polar surface area (TPSA) is 27.1 Å². The Labute approximate surface area is 122 Å². The number of ether oxygens (including phenoxy) is 1. The van der Waals surface area contributed by atoms with Crippen molar-refractivity contribution in [3.8, 4) is 17.2 Å². The third-order valence-electron chi connectivity index (χ3n) is 2.95. The molecule has 0 saturated heterocycles. The van der Waals surface area contributed by atoms with Crippen molar-refractivity contribution >= 4 is 11.6 Å². The Morgan fingerprint density at radius 1 is 1.10 bits per heavy atom. The monoisotopic (exact) mass is 284 g/mol. The lowest BCUT2D eigenvalue weighted by Crippen LogP contribution is -1.93. The third-order valence-corrected chi connectivity index (χ3v) is 3.19. The van der Waals surface area contributed by atoms with Crippen LogP contribution >= 0.6 is 11.6 Å². The van der Waals surface area contributed by atoms with E-state index in [-0.39, 0.29) is 0 Å². The quantitative estimate of drug-likeness (QED) is 0.701. The van der Waals surface area contributed by atoms with Gasteiger partial charge in [0.05, 0.1) is 18.1 Å². The highest BCUT2D eigenvalue weighted by molar-refractivity contribution is 6.30. The van der Waals surface area contributed by atoms with Crippen molar-refractivity contribution in [1.29, 1.82) is 0 Å². The van der Waals surface area contributed by atoms with Crippen LogP contribution in [0.25, 0.3) is 5.69 Å². The minimum atomic E-state index is 0.680. The van der Waals surface area contributed by atoms with Crippen LogP contribution in [0.5, 0.6) is 11.5 Å². The second-order valence-corrected chi connectivity index (χ2v) is 4.90. The summed E-state index contributed by atoms with van der Waals surface area (Å²) in [5.41, 5.74) is 1.99. The van der Waals surface area contributed by atoms with Crippen LogP contribution in [-0.4, -0.2) is 9.78 Å². The van der Waals surface area contributed by atoms with Crippen molar-refractivity contribution < 1.29 is 4.74 Å². The molecule has 4 heteroatoms. The Morgan fingerprint density at radius 2 is 1.95 bits per heavy atom. The van der Waals surface area contributed by atoms with Gasteiger partial charge in [0.25, 0.3) is 0 Å². The zero-order valence-electron chi connectivity index (χ0n) is 11.0. The summed E-state index contributed by atoms with van der Waals surface area (Å²) in [6, 6.07) is 15.4. The number of hydrogen-bond donors (Lipinski definition) is 0. The van der Waals surface area contributed by atoms with Gasteiger partial charge in [-0.2, -0.15) is 5.10 Å². The molecule has 20 heavy (non-hydrogen) atoms. The Bertz CT molecular complexity index is 737. The van der Waals surface area contributed by atoms with Crippen molar-refractivity contribution in [3.05, 3.63) is 71.5 Å². The number of benzene rings is 2. The Morgan fingerprint density at radius 3 is 2.75 bits per heavy atom. The van der Waals surface area contributed by atoms with Gasteiger partial charge < -0.3 is 4.74 Å². The molecule has 0 atom stereocenters. The number of halogens is 1. The fourth-order valence-electron chi connectivity index (χ4n) is 1.92. The average molecular weight is 285 g/mol. The summed E-state index contributed by atoms with van der Waals surface area (Å²) in [5, 5.41) is 4.97. The summed E-state index contributed by atoms with van der Waals surface area (Å²) < 4.78 is 7.56. The van der Waals surface area contributed by atoms with Crippen LogP contribution in [0, 0.1) is 6.92 Å². The van der Waals surface area contributed by atoms with Gasteiger partial charge in [-0.1, -0.05) is 35.9 Å². The molecule has 3 aromatic rings. The van der Waals surface area contributed by atoms with Gasteiger partial charge in [-0.25, -0.2) is 4.68 Å². The Hall–Kier alpha value is -2.26. The maximum Gasteiger partial charge on any atom is 0.165 e. The lowest BCUT2D eigenvalue weighted by molar-refractivity contribution is 0.478. The summed E-state index contributed by atoms with van der Waals surface area (Å²) in [4.78, 5) is 0. The number of hydrogen-bond acceptors (Lipinski definition) is 2. The van der Waals surface area contributed by atoms with Crippen LogP contribution < -0.4 is 4.74 Å². The van der Waals surface area contributed by atoms with E-state index >= 15 is 0 Å². The normalized spacial score (nSPS) is 10.5. The maximum atomic E-state index is 5.98. The molecule has 0 radical (unpaired) electrons. The van der Waals surface area contributed by atoms with Crippen molar-refractivity contribution in [2.75, 3.05) is 0 Å². The fraction of sp³-hybridized carbons (Fsp3) is 0.0625. The first-order valence-corrected chi connectivity index (χ1v) is 6.64. The molecule has 0 unspecified atom stereocenters. The molecule has 0 amide bonds. The molecule has 2 aromatic carbocycles. The van der Waals surface area contributed by atoms with Gasteiger partial charge in [-0.15, -0.1) is 0 Å². The molecule has 0 aliphatic heterocycles. The zero-order chi connectivity index (χ0) is 13.9. The molecule has 1 aromatic heterocycles.